The zero-order chi connectivity index (χ0) is 57.5. The van der Waals surface area contributed by atoms with Crippen LogP contribution in [0.4, 0.5) is 0 Å². The molecule has 2 aliphatic rings. The van der Waals surface area contributed by atoms with Gasteiger partial charge in [-0.15, -0.1) is 0 Å². The first-order valence-electron chi connectivity index (χ1n) is 27.4. The van der Waals surface area contributed by atoms with E-state index in [0.717, 1.165) is 47.7 Å². The fourth-order valence-electron chi connectivity index (χ4n) is 4.43. The van der Waals surface area contributed by atoms with E-state index in [1.807, 2.05) is 182 Å². The van der Waals surface area contributed by atoms with Gasteiger partial charge < -0.3 is 37.9 Å². The van der Waals surface area contributed by atoms with E-state index >= 15 is 0 Å². The van der Waals surface area contributed by atoms with Gasteiger partial charge in [-0.2, -0.15) is 0 Å². The van der Waals surface area contributed by atoms with Gasteiger partial charge in [0.2, 0.25) is 0 Å². The Labute approximate surface area is 469 Å². The molecule has 0 amide bonds. The Kier molecular flexibility index (Phi) is 59.3. The normalized spacial score (nSPS) is 11.8. The molecule has 2 saturated heterocycles. The molecule has 77 heavy (non-hydrogen) atoms. The van der Waals surface area contributed by atoms with Crippen molar-refractivity contribution in [3.8, 4) is 34.5 Å². The fourth-order valence-corrected chi connectivity index (χ4v) is 4.43. The van der Waals surface area contributed by atoms with Gasteiger partial charge in [0.05, 0.1) is 13.2 Å². The second-order valence-corrected chi connectivity index (χ2v) is 16.3. The number of rotatable bonds is 18. The Morgan fingerprint density at radius 2 is 0.442 bits per heavy atom. The minimum Gasteiger partial charge on any atom is -0.491 e. The van der Waals surface area contributed by atoms with Crippen molar-refractivity contribution >= 4 is 0 Å². The summed E-state index contributed by atoms with van der Waals surface area (Å²) in [6.45, 7) is 40.8. The van der Waals surface area contributed by atoms with Gasteiger partial charge >= 0.3 is 0 Å². The molecule has 0 aromatic heterocycles. The molecule has 2 aliphatic heterocycles. The third kappa shape index (κ3) is 58.1. The molecular formula is C69H100O8. The molecule has 0 bridgehead atoms. The van der Waals surface area contributed by atoms with E-state index < -0.39 is 0 Å². The van der Waals surface area contributed by atoms with Crippen LogP contribution in [0.5, 0.6) is 34.5 Å². The predicted octanol–water partition coefficient (Wildman–Crippen LogP) is 19.0. The SMILES string of the molecule is C=CCOc1ccccc1.C=CCOc1ccccc1.C=CCOc1ccccc1.C=CCOc1ccccc1.CCC.CCC.CCC.CCC.CCC.c1ccc(OCC2CO2)cc1.c1ccc(OCC2CO2)cc1. The van der Waals surface area contributed by atoms with E-state index in [0.29, 0.717) is 51.8 Å². The maximum absolute atomic E-state index is 5.40. The van der Waals surface area contributed by atoms with Crippen LogP contribution in [0, 0.1) is 0 Å². The van der Waals surface area contributed by atoms with Gasteiger partial charge in [0, 0.05) is 0 Å². The van der Waals surface area contributed by atoms with E-state index in [1.54, 1.807) is 24.3 Å². The van der Waals surface area contributed by atoms with Gasteiger partial charge in [0.15, 0.2) is 0 Å². The summed E-state index contributed by atoms with van der Waals surface area (Å²) >= 11 is 0. The van der Waals surface area contributed by atoms with E-state index in [4.69, 9.17) is 37.9 Å². The van der Waals surface area contributed by atoms with Crippen LogP contribution in [0.1, 0.15) is 101 Å². The topological polar surface area (TPSA) is 80.4 Å². The fraction of sp³-hybridized carbons (Fsp3) is 0.362. The van der Waals surface area contributed by atoms with Crippen LogP contribution in [0.3, 0.4) is 0 Å². The summed E-state index contributed by atoms with van der Waals surface area (Å²) in [6.07, 6.45) is 13.9. The lowest BCUT2D eigenvalue weighted by Gasteiger charge is -2.01. The molecule has 8 heteroatoms. The molecule has 0 saturated carbocycles. The Hall–Kier alpha value is -7.00. The summed E-state index contributed by atoms with van der Waals surface area (Å²) in [6, 6.07) is 58.3. The number of para-hydroxylation sites is 6. The highest BCUT2D eigenvalue weighted by atomic mass is 16.6. The molecule has 2 fully saturated rings. The highest BCUT2D eigenvalue weighted by Crippen LogP contribution is 2.15. The maximum atomic E-state index is 5.40. The van der Waals surface area contributed by atoms with E-state index in [-0.39, 0.29) is 0 Å². The Morgan fingerprint density at radius 3 is 0.571 bits per heavy atom. The van der Waals surface area contributed by atoms with Gasteiger partial charge in [0.1, 0.15) is 86.3 Å². The first-order chi connectivity index (χ1) is 37.7. The molecule has 6 aromatic rings. The van der Waals surface area contributed by atoms with Gasteiger partial charge in [-0.05, 0) is 72.8 Å². The van der Waals surface area contributed by atoms with Crippen LogP contribution < -0.4 is 28.4 Å². The molecule has 2 atom stereocenters. The lowest BCUT2D eigenvalue weighted by Crippen LogP contribution is -2.03. The minimum absolute atomic E-state index is 0.343. The Balaban J connectivity index is -0.000000811. The van der Waals surface area contributed by atoms with Gasteiger partial charge in [-0.1, -0.05) is 261 Å². The molecular weight excluding hydrogens is 957 g/mol. The quantitative estimate of drug-likeness (QED) is 0.0622. The molecule has 6 aromatic carbocycles. The van der Waals surface area contributed by atoms with Crippen molar-refractivity contribution in [3.05, 3.63) is 233 Å². The van der Waals surface area contributed by atoms with Crippen molar-refractivity contribution in [2.75, 3.05) is 52.9 Å². The van der Waals surface area contributed by atoms with Crippen molar-refractivity contribution < 1.29 is 37.9 Å². The number of hydrogen-bond donors (Lipinski definition) is 0. The highest BCUT2D eigenvalue weighted by molar-refractivity contribution is 5.24. The molecule has 0 radical (unpaired) electrons. The van der Waals surface area contributed by atoms with Crippen LogP contribution in [0.15, 0.2) is 233 Å². The Morgan fingerprint density at radius 1 is 0.299 bits per heavy atom. The van der Waals surface area contributed by atoms with E-state index in [2.05, 4.69) is 95.6 Å². The van der Waals surface area contributed by atoms with Crippen molar-refractivity contribution in [2.24, 2.45) is 0 Å². The van der Waals surface area contributed by atoms with E-state index in [1.165, 1.54) is 32.1 Å². The van der Waals surface area contributed by atoms with Crippen LogP contribution in [-0.4, -0.2) is 65.1 Å². The summed E-state index contributed by atoms with van der Waals surface area (Å²) in [7, 11) is 0. The summed E-state index contributed by atoms with van der Waals surface area (Å²) in [4.78, 5) is 0. The largest absolute Gasteiger partial charge is 0.491 e. The van der Waals surface area contributed by atoms with E-state index in [9.17, 15) is 0 Å². The molecule has 8 nitrogen and oxygen atoms in total. The van der Waals surface area contributed by atoms with Crippen molar-refractivity contribution in [3.63, 3.8) is 0 Å². The molecule has 0 aliphatic carbocycles. The zero-order valence-electron chi connectivity index (χ0n) is 49.1. The third-order valence-electron chi connectivity index (χ3n) is 7.61. The first-order valence-corrected chi connectivity index (χ1v) is 27.4. The molecule has 0 spiro atoms. The monoisotopic (exact) mass is 1060 g/mol. The Bertz CT molecular complexity index is 1790. The number of benzene rings is 6. The lowest BCUT2D eigenvalue weighted by atomic mass is 10.3. The minimum atomic E-state index is 0.343. The van der Waals surface area contributed by atoms with Crippen LogP contribution in [0.2, 0.25) is 0 Å². The van der Waals surface area contributed by atoms with Crippen molar-refractivity contribution in [1.82, 2.24) is 0 Å². The van der Waals surface area contributed by atoms with Crippen LogP contribution in [0.25, 0.3) is 0 Å². The van der Waals surface area contributed by atoms with Gasteiger partial charge in [-0.3, -0.25) is 0 Å². The number of ether oxygens (including phenoxy) is 8. The molecule has 2 unspecified atom stereocenters. The predicted molar refractivity (Wildman–Crippen MR) is 332 cm³/mol. The summed E-state index contributed by atoms with van der Waals surface area (Å²) in [5.74, 6) is 5.40. The summed E-state index contributed by atoms with van der Waals surface area (Å²) in [5.41, 5.74) is 0. The molecule has 424 valence electrons. The zero-order valence-corrected chi connectivity index (χ0v) is 49.1. The average molecular weight is 1060 g/mol. The summed E-state index contributed by atoms with van der Waals surface area (Å²) < 4.78 is 41.8. The number of hydrogen-bond acceptors (Lipinski definition) is 8. The van der Waals surface area contributed by atoms with Crippen LogP contribution >= 0.6 is 0 Å². The first kappa shape index (κ1) is 74.2. The smallest absolute Gasteiger partial charge is 0.119 e. The molecule has 0 N–H and O–H groups in total. The number of epoxide rings is 2. The average Bonchev–Trinajstić information content (AvgIpc) is 4.43. The standard InChI is InChI=1S/2C9H10O2.4C9H10O.5C3H8/c2*1-2-4-8(5-3-1)10-6-9-7-11-9;4*1-2-8-10-9-6-4-3-5-7-9;5*1-3-2/h2*1-5,9H,6-7H2;4*2-7H,1,8H2;5*3H2,1-2H3. The second-order valence-electron chi connectivity index (χ2n) is 16.3. The maximum Gasteiger partial charge on any atom is 0.119 e. The second kappa shape index (κ2) is 61.5. The van der Waals surface area contributed by atoms with Crippen molar-refractivity contribution in [2.45, 2.75) is 114 Å². The molecule has 8 rings (SSSR count). The third-order valence-corrected chi connectivity index (χ3v) is 7.61. The highest BCUT2D eigenvalue weighted by Gasteiger charge is 2.23. The van der Waals surface area contributed by atoms with Gasteiger partial charge in [-0.25, -0.2) is 0 Å². The van der Waals surface area contributed by atoms with Crippen LogP contribution in [-0.2, 0) is 9.47 Å². The summed E-state index contributed by atoms with van der Waals surface area (Å²) in [5, 5.41) is 0. The van der Waals surface area contributed by atoms with Gasteiger partial charge in [0.25, 0.3) is 0 Å². The lowest BCUT2D eigenvalue weighted by molar-refractivity contribution is 0.263. The van der Waals surface area contributed by atoms with Crippen molar-refractivity contribution in [1.29, 1.82) is 0 Å². The molecule has 2 heterocycles.